The first-order chi connectivity index (χ1) is 11.5. The molecule has 0 aromatic heterocycles. The molecule has 0 atom stereocenters. The molecule has 0 aliphatic rings. The van der Waals surface area contributed by atoms with E-state index in [4.69, 9.17) is 4.74 Å². The van der Waals surface area contributed by atoms with Gasteiger partial charge in [-0.15, -0.1) is 0 Å². The number of anilines is 2. The summed E-state index contributed by atoms with van der Waals surface area (Å²) in [7, 11) is 0. The van der Waals surface area contributed by atoms with Crippen molar-refractivity contribution in [2.45, 2.75) is 27.2 Å². The topological polar surface area (TPSA) is 50.4 Å². The predicted octanol–water partition coefficient (Wildman–Crippen LogP) is 4.47. The van der Waals surface area contributed by atoms with E-state index in [1.807, 2.05) is 55.5 Å². The molecule has 4 nitrogen and oxygen atoms in total. The Labute approximate surface area is 144 Å². The Morgan fingerprint density at radius 3 is 2.58 bits per heavy atom. The zero-order valence-corrected chi connectivity index (χ0v) is 14.6. The quantitative estimate of drug-likeness (QED) is 0.752. The second-order valence-electron chi connectivity index (χ2n) is 6.33. The van der Waals surface area contributed by atoms with Crippen LogP contribution in [-0.4, -0.2) is 19.1 Å². The van der Waals surface area contributed by atoms with Gasteiger partial charge in [-0.25, -0.2) is 0 Å². The molecular weight excluding hydrogens is 300 g/mol. The van der Waals surface area contributed by atoms with Crippen LogP contribution < -0.4 is 15.4 Å². The lowest BCUT2D eigenvalue weighted by molar-refractivity contribution is -0.114. The van der Waals surface area contributed by atoms with Crippen molar-refractivity contribution < 1.29 is 9.53 Å². The summed E-state index contributed by atoms with van der Waals surface area (Å²) in [4.78, 5) is 12.1. The average molecular weight is 326 g/mol. The number of hydrogen-bond acceptors (Lipinski definition) is 3. The molecule has 128 valence electrons. The number of hydrogen-bond donors (Lipinski definition) is 2. The Kier molecular flexibility index (Phi) is 6.67. The highest BCUT2D eigenvalue weighted by Gasteiger charge is 2.04. The summed E-state index contributed by atoms with van der Waals surface area (Å²) in [6, 6.07) is 15.4. The molecular formula is C20H26N2O2. The third kappa shape index (κ3) is 6.32. The molecule has 0 saturated heterocycles. The average Bonchev–Trinajstić information content (AvgIpc) is 2.53. The first kappa shape index (κ1) is 17.9. The minimum absolute atomic E-state index is 0.0872. The molecule has 0 heterocycles. The van der Waals surface area contributed by atoms with Crippen molar-refractivity contribution in [2.24, 2.45) is 5.92 Å². The molecule has 0 saturated carbocycles. The fourth-order valence-corrected chi connectivity index (χ4v) is 2.22. The van der Waals surface area contributed by atoms with Crippen molar-refractivity contribution in [3.05, 3.63) is 54.1 Å². The predicted molar refractivity (Wildman–Crippen MR) is 99.7 cm³/mol. The van der Waals surface area contributed by atoms with Gasteiger partial charge in [-0.1, -0.05) is 32.0 Å². The van der Waals surface area contributed by atoms with Gasteiger partial charge in [0.15, 0.2) is 0 Å². The highest BCUT2D eigenvalue weighted by atomic mass is 16.5. The molecule has 0 bridgehead atoms. The molecule has 0 fully saturated rings. The van der Waals surface area contributed by atoms with Crippen molar-refractivity contribution in [2.75, 3.05) is 23.8 Å². The molecule has 0 radical (unpaired) electrons. The smallest absolute Gasteiger partial charge is 0.243 e. The second kappa shape index (κ2) is 8.96. The monoisotopic (exact) mass is 326 g/mol. The first-order valence-corrected chi connectivity index (χ1v) is 8.36. The van der Waals surface area contributed by atoms with Crippen LogP contribution in [0.4, 0.5) is 11.4 Å². The van der Waals surface area contributed by atoms with Crippen LogP contribution in [0.2, 0.25) is 0 Å². The molecule has 4 heteroatoms. The van der Waals surface area contributed by atoms with Crippen molar-refractivity contribution in [3.63, 3.8) is 0 Å². The number of amides is 1. The lowest BCUT2D eigenvalue weighted by atomic mass is 10.1. The van der Waals surface area contributed by atoms with Crippen molar-refractivity contribution in [1.82, 2.24) is 0 Å². The number of nitrogens with one attached hydrogen (secondary N) is 2. The van der Waals surface area contributed by atoms with E-state index < -0.39 is 0 Å². The molecule has 24 heavy (non-hydrogen) atoms. The van der Waals surface area contributed by atoms with E-state index in [1.54, 1.807) is 0 Å². The number of rotatable bonds is 8. The number of ether oxygens (including phenoxy) is 1. The maximum absolute atomic E-state index is 12.1. The highest BCUT2D eigenvalue weighted by Crippen LogP contribution is 2.18. The molecule has 1 amide bonds. The van der Waals surface area contributed by atoms with Crippen LogP contribution in [-0.2, 0) is 4.79 Å². The number of aryl methyl sites for hydroxylation is 1. The summed E-state index contributed by atoms with van der Waals surface area (Å²) in [5.74, 6) is 1.30. The van der Waals surface area contributed by atoms with E-state index in [0.717, 1.165) is 29.1 Å². The molecule has 2 aromatic rings. The van der Waals surface area contributed by atoms with Gasteiger partial charge in [-0.3, -0.25) is 4.79 Å². The first-order valence-electron chi connectivity index (χ1n) is 8.36. The van der Waals surface area contributed by atoms with Crippen LogP contribution >= 0.6 is 0 Å². The van der Waals surface area contributed by atoms with E-state index >= 15 is 0 Å². The standard InChI is InChI=1S/C20H26N2O2/c1-15(2)10-11-24-19-9-5-8-18(13-19)22-20(23)14-21-17-7-4-6-16(3)12-17/h4-9,12-13,15,21H,10-11,14H2,1-3H3,(H,22,23). The molecule has 2 rings (SSSR count). The third-order valence-corrected chi connectivity index (χ3v) is 3.55. The van der Waals surface area contributed by atoms with Crippen molar-refractivity contribution in [1.29, 1.82) is 0 Å². The lowest BCUT2D eigenvalue weighted by Gasteiger charge is -2.11. The fourth-order valence-electron chi connectivity index (χ4n) is 2.22. The molecule has 0 unspecified atom stereocenters. The van der Waals surface area contributed by atoms with Gasteiger partial charge in [-0.2, -0.15) is 0 Å². The van der Waals surface area contributed by atoms with Gasteiger partial charge < -0.3 is 15.4 Å². The molecule has 0 spiro atoms. The van der Waals surface area contributed by atoms with Gasteiger partial charge in [0.25, 0.3) is 0 Å². The molecule has 2 aromatic carbocycles. The van der Waals surface area contributed by atoms with E-state index in [-0.39, 0.29) is 12.5 Å². The fraction of sp³-hybridized carbons (Fsp3) is 0.350. The minimum Gasteiger partial charge on any atom is -0.494 e. The number of carbonyl (C=O) groups excluding carboxylic acids is 1. The van der Waals surface area contributed by atoms with E-state index in [9.17, 15) is 4.79 Å². The summed E-state index contributed by atoms with van der Waals surface area (Å²) >= 11 is 0. The lowest BCUT2D eigenvalue weighted by Crippen LogP contribution is -2.21. The zero-order chi connectivity index (χ0) is 17.4. The highest BCUT2D eigenvalue weighted by molar-refractivity contribution is 5.93. The Balaban J connectivity index is 1.82. The van der Waals surface area contributed by atoms with E-state index in [0.29, 0.717) is 12.5 Å². The van der Waals surface area contributed by atoms with Crippen LogP contribution in [0.1, 0.15) is 25.8 Å². The Bertz CT molecular complexity index is 668. The zero-order valence-electron chi connectivity index (χ0n) is 14.6. The molecule has 0 aliphatic carbocycles. The van der Waals surface area contributed by atoms with Crippen LogP contribution in [0.3, 0.4) is 0 Å². The molecule has 2 N–H and O–H groups in total. The van der Waals surface area contributed by atoms with Crippen LogP contribution in [0, 0.1) is 12.8 Å². The minimum atomic E-state index is -0.0872. The normalized spacial score (nSPS) is 10.5. The second-order valence-corrected chi connectivity index (χ2v) is 6.33. The van der Waals surface area contributed by atoms with Crippen LogP contribution in [0.25, 0.3) is 0 Å². The maximum atomic E-state index is 12.1. The Morgan fingerprint density at radius 2 is 1.83 bits per heavy atom. The van der Waals surface area contributed by atoms with Crippen LogP contribution in [0.15, 0.2) is 48.5 Å². The summed E-state index contributed by atoms with van der Waals surface area (Å²) in [5, 5.41) is 6.01. The summed E-state index contributed by atoms with van der Waals surface area (Å²) in [6.45, 7) is 7.27. The number of benzene rings is 2. The van der Waals surface area contributed by atoms with E-state index in [2.05, 4.69) is 24.5 Å². The van der Waals surface area contributed by atoms with Gasteiger partial charge >= 0.3 is 0 Å². The maximum Gasteiger partial charge on any atom is 0.243 e. The van der Waals surface area contributed by atoms with Crippen molar-refractivity contribution >= 4 is 17.3 Å². The van der Waals surface area contributed by atoms with Gasteiger partial charge in [0.2, 0.25) is 5.91 Å². The Hall–Kier alpha value is -2.49. The molecule has 0 aliphatic heterocycles. The van der Waals surface area contributed by atoms with Gasteiger partial charge in [0.1, 0.15) is 5.75 Å². The van der Waals surface area contributed by atoms with Gasteiger partial charge in [0, 0.05) is 17.4 Å². The third-order valence-electron chi connectivity index (χ3n) is 3.55. The number of carbonyl (C=O) groups is 1. The SMILES string of the molecule is Cc1cccc(NCC(=O)Nc2cccc(OCCC(C)C)c2)c1. The van der Waals surface area contributed by atoms with Crippen molar-refractivity contribution in [3.8, 4) is 5.75 Å². The van der Waals surface area contributed by atoms with E-state index in [1.165, 1.54) is 0 Å². The summed E-state index contributed by atoms with van der Waals surface area (Å²) < 4.78 is 5.71. The Morgan fingerprint density at radius 1 is 1.08 bits per heavy atom. The largest absolute Gasteiger partial charge is 0.494 e. The van der Waals surface area contributed by atoms with Gasteiger partial charge in [0.05, 0.1) is 13.2 Å². The summed E-state index contributed by atoms with van der Waals surface area (Å²) in [6.07, 6.45) is 1.01. The summed E-state index contributed by atoms with van der Waals surface area (Å²) in [5.41, 5.74) is 2.84. The van der Waals surface area contributed by atoms with Gasteiger partial charge in [-0.05, 0) is 49.1 Å². The van der Waals surface area contributed by atoms with Crippen LogP contribution in [0.5, 0.6) is 5.75 Å².